The molecule has 0 aromatic heterocycles. The van der Waals surface area contributed by atoms with Crippen LogP contribution < -0.4 is 0 Å². The van der Waals surface area contributed by atoms with E-state index in [-0.39, 0.29) is 18.3 Å². The maximum absolute atomic E-state index is 12.7. The minimum absolute atomic E-state index is 0.0266. The van der Waals surface area contributed by atoms with E-state index in [1.807, 2.05) is 0 Å². The third-order valence-electron chi connectivity index (χ3n) is 4.22. The van der Waals surface area contributed by atoms with Gasteiger partial charge in [0.25, 0.3) is 0 Å². The van der Waals surface area contributed by atoms with E-state index in [1.165, 1.54) is 4.31 Å². The van der Waals surface area contributed by atoms with E-state index < -0.39 is 16.1 Å². The number of carbonyl (C=O) groups excluding carboxylic acids is 1. The fraction of sp³-hybridized carbons (Fsp3) is 0.471. The van der Waals surface area contributed by atoms with Gasteiger partial charge in [0.15, 0.2) is 0 Å². The van der Waals surface area contributed by atoms with Gasteiger partial charge in [-0.1, -0.05) is 36.4 Å². The molecule has 1 amide bonds. The third-order valence-corrected chi connectivity index (χ3v) is 6.11. The fourth-order valence-electron chi connectivity index (χ4n) is 2.86. The normalized spacial score (nSPS) is 17.8. The first-order chi connectivity index (χ1) is 12.0. The molecular formula is C17H24N2O5S. The van der Waals surface area contributed by atoms with Gasteiger partial charge in [-0.05, 0) is 18.4 Å². The minimum Gasteiger partial charge on any atom is -0.374 e. The standard InChI is InChI=1S/C17H24N2O5S/c1-2-12-24-16-8-10-18(11-9-16)25(22,23)13-17(19(21)14-20)15-6-4-3-5-7-15/h2-7,14,16-17,21H,1,8-13H2. The summed E-state index contributed by atoms with van der Waals surface area (Å²) in [6.07, 6.45) is 3.14. The van der Waals surface area contributed by atoms with Crippen LogP contribution in [0.2, 0.25) is 0 Å². The van der Waals surface area contributed by atoms with E-state index in [2.05, 4.69) is 6.58 Å². The van der Waals surface area contributed by atoms with Crippen LogP contribution in [-0.4, -0.2) is 61.0 Å². The Labute approximate surface area is 148 Å². The molecule has 1 aliphatic heterocycles. The van der Waals surface area contributed by atoms with E-state index in [4.69, 9.17) is 4.74 Å². The molecule has 0 radical (unpaired) electrons. The molecule has 1 fully saturated rings. The summed E-state index contributed by atoms with van der Waals surface area (Å²) < 4.78 is 32.4. The van der Waals surface area contributed by atoms with E-state index in [9.17, 15) is 18.4 Å². The van der Waals surface area contributed by atoms with Gasteiger partial charge in [0.2, 0.25) is 16.4 Å². The first-order valence-electron chi connectivity index (χ1n) is 8.15. The Morgan fingerprint density at radius 3 is 2.52 bits per heavy atom. The molecule has 1 heterocycles. The van der Waals surface area contributed by atoms with Crippen LogP contribution in [0.5, 0.6) is 0 Å². The Balaban J connectivity index is 2.05. The predicted octanol–water partition coefficient (Wildman–Crippen LogP) is 1.57. The zero-order valence-corrected chi connectivity index (χ0v) is 14.8. The number of sulfonamides is 1. The molecule has 1 unspecified atom stereocenters. The summed E-state index contributed by atoms with van der Waals surface area (Å²) in [4.78, 5) is 11.0. The lowest BCUT2D eigenvalue weighted by Crippen LogP contribution is -2.44. The number of nitrogens with zero attached hydrogens (tertiary/aromatic N) is 2. The van der Waals surface area contributed by atoms with E-state index >= 15 is 0 Å². The van der Waals surface area contributed by atoms with Crippen LogP contribution in [0.3, 0.4) is 0 Å². The molecule has 1 atom stereocenters. The van der Waals surface area contributed by atoms with Gasteiger partial charge in [0, 0.05) is 13.1 Å². The molecule has 25 heavy (non-hydrogen) atoms. The van der Waals surface area contributed by atoms with E-state index in [0.29, 0.717) is 43.2 Å². The molecule has 7 nitrogen and oxygen atoms in total. The summed E-state index contributed by atoms with van der Waals surface area (Å²) in [6, 6.07) is 7.67. The number of hydrogen-bond acceptors (Lipinski definition) is 5. The second kappa shape index (κ2) is 9.10. The molecule has 8 heteroatoms. The molecule has 0 saturated carbocycles. The van der Waals surface area contributed by atoms with Crippen molar-refractivity contribution in [1.82, 2.24) is 9.37 Å². The Kier molecular flexibility index (Phi) is 7.12. The van der Waals surface area contributed by atoms with Gasteiger partial charge in [0.05, 0.1) is 24.5 Å². The van der Waals surface area contributed by atoms with Crippen molar-refractivity contribution >= 4 is 16.4 Å². The smallest absolute Gasteiger partial charge is 0.233 e. The molecule has 0 spiro atoms. The Bertz CT molecular complexity index is 657. The van der Waals surface area contributed by atoms with Crippen molar-refractivity contribution in [1.29, 1.82) is 0 Å². The van der Waals surface area contributed by atoms with Gasteiger partial charge in [-0.15, -0.1) is 6.58 Å². The van der Waals surface area contributed by atoms with Crippen LogP contribution in [-0.2, 0) is 19.6 Å². The number of amides is 1. The zero-order chi connectivity index (χ0) is 18.3. The minimum atomic E-state index is -3.63. The number of rotatable bonds is 9. The first kappa shape index (κ1) is 19.6. The Hall–Kier alpha value is -1.74. The van der Waals surface area contributed by atoms with Crippen molar-refractivity contribution in [3.8, 4) is 0 Å². The highest BCUT2D eigenvalue weighted by molar-refractivity contribution is 7.89. The van der Waals surface area contributed by atoms with Crippen molar-refractivity contribution in [3.63, 3.8) is 0 Å². The molecule has 0 aliphatic carbocycles. The second-order valence-electron chi connectivity index (χ2n) is 5.91. The topological polar surface area (TPSA) is 87.2 Å². The van der Waals surface area contributed by atoms with Crippen LogP contribution in [0.4, 0.5) is 0 Å². The van der Waals surface area contributed by atoms with Gasteiger partial charge in [-0.3, -0.25) is 10.0 Å². The van der Waals surface area contributed by atoms with Gasteiger partial charge in [-0.2, -0.15) is 0 Å². The molecule has 1 aromatic carbocycles. The molecule has 1 aromatic rings. The third kappa shape index (κ3) is 5.37. The largest absolute Gasteiger partial charge is 0.374 e. The Morgan fingerprint density at radius 1 is 1.32 bits per heavy atom. The number of piperidine rings is 1. The second-order valence-corrected chi connectivity index (χ2v) is 7.92. The SMILES string of the molecule is C=CCOC1CCN(S(=O)(=O)CC(c2ccccc2)N(O)C=O)CC1. The van der Waals surface area contributed by atoms with Crippen molar-refractivity contribution in [2.24, 2.45) is 0 Å². The lowest BCUT2D eigenvalue weighted by Gasteiger charge is -2.32. The van der Waals surface area contributed by atoms with Crippen molar-refractivity contribution in [2.45, 2.75) is 25.0 Å². The highest BCUT2D eigenvalue weighted by Crippen LogP contribution is 2.24. The van der Waals surface area contributed by atoms with Crippen LogP contribution in [0.25, 0.3) is 0 Å². The first-order valence-corrected chi connectivity index (χ1v) is 9.76. The summed E-state index contributed by atoms with van der Waals surface area (Å²) in [5, 5.41) is 10.2. The lowest BCUT2D eigenvalue weighted by molar-refractivity contribution is -0.159. The van der Waals surface area contributed by atoms with Crippen molar-refractivity contribution < 1.29 is 23.2 Å². The monoisotopic (exact) mass is 368 g/mol. The number of ether oxygens (including phenoxy) is 1. The molecule has 1 N–H and O–H groups in total. The molecular weight excluding hydrogens is 344 g/mol. The molecule has 1 aliphatic rings. The van der Waals surface area contributed by atoms with Gasteiger partial charge >= 0.3 is 0 Å². The van der Waals surface area contributed by atoms with Gasteiger partial charge in [0.1, 0.15) is 0 Å². The number of carbonyl (C=O) groups is 1. The molecule has 0 bridgehead atoms. The van der Waals surface area contributed by atoms with Crippen LogP contribution >= 0.6 is 0 Å². The summed E-state index contributed by atoms with van der Waals surface area (Å²) >= 11 is 0. The molecule has 138 valence electrons. The summed E-state index contributed by atoms with van der Waals surface area (Å²) in [6.45, 7) is 4.77. The van der Waals surface area contributed by atoms with Crippen LogP contribution in [0.1, 0.15) is 24.4 Å². The maximum atomic E-state index is 12.7. The number of hydroxylamine groups is 2. The lowest BCUT2D eigenvalue weighted by atomic mass is 10.1. The van der Waals surface area contributed by atoms with Gasteiger partial charge in [-0.25, -0.2) is 17.8 Å². The number of hydrogen-bond donors (Lipinski definition) is 1. The van der Waals surface area contributed by atoms with E-state index in [1.54, 1.807) is 36.4 Å². The van der Waals surface area contributed by atoms with Gasteiger partial charge < -0.3 is 4.74 Å². The molecule has 2 rings (SSSR count). The maximum Gasteiger partial charge on any atom is 0.233 e. The van der Waals surface area contributed by atoms with Crippen LogP contribution in [0.15, 0.2) is 43.0 Å². The Morgan fingerprint density at radius 2 is 1.96 bits per heavy atom. The average molecular weight is 368 g/mol. The summed E-state index contributed by atoms with van der Waals surface area (Å²) in [5.41, 5.74) is 0.560. The van der Waals surface area contributed by atoms with Crippen molar-refractivity contribution in [3.05, 3.63) is 48.6 Å². The number of benzene rings is 1. The summed E-state index contributed by atoms with van der Waals surface area (Å²) in [7, 11) is -3.63. The highest BCUT2D eigenvalue weighted by atomic mass is 32.2. The van der Waals surface area contributed by atoms with E-state index in [0.717, 1.165) is 0 Å². The quantitative estimate of drug-likeness (QED) is 0.309. The average Bonchev–Trinajstić information content (AvgIpc) is 2.65. The highest BCUT2D eigenvalue weighted by Gasteiger charge is 2.32. The summed E-state index contributed by atoms with van der Waals surface area (Å²) in [5.74, 6) is -0.371. The zero-order valence-electron chi connectivity index (χ0n) is 14.0. The fourth-order valence-corrected chi connectivity index (χ4v) is 4.58. The predicted molar refractivity (Wildman–Crippen MR) is 93.4 cm³/mol. The molecule has 1 saturated heterocycles. The van der Waals surface area contributed by atoms with Crippen molar-refractivity contribution in [2.75, 3.05) is 25.4 Å². The van der Waals surface area contributed by atoms with Crippen LogP contribution in [0, 0.1) is 0 Å².